The van der Waals surface area contributed by atoms with Gasteiger partial charge in [-0.3, -0.25) is 38.9 Å². The zero-order chi connectivity index (χ0) is 57.1. The summed E-state index contributed by atoms with van der Waals surface area (Å²) in [6.07, 6.45) is -6.95. The van der Waals surface area contributed by atoms with E-state index >= 15 is 0 Å². The maximum absolute atomic E-state index is 14.6. The van der Waals surface area contributed by atoms with Crippen LogP contribution >= 0.6 is 0 Å². The molecule has 25 nitrogen and oxygen atoms in total. The van der Waals surface area contributed by atoms with E-state index in [-0.39, 0.29) is 56.8 Å². The summed E-state index contributed by atoms with van der Waals surface area (Å²) >= 11 is 0. The molecule has 0 radical (unpaired) electrons. The number of phenols is 1. The summed E-state index contributed by atoms with van der Waals surface area (Å²) in [4.78, 5) is 102. The maximum Gasteiger partial charge on any atom is 0.248 e. The number of nitrogens with zero attached hydrogens (tertiary/aromatic N) is 2. The van der Waals surface area contributed by atoms with Gasteiger partial charge in [0.25, 0.3) is 0 Å². The number of aliphatic hydroxyl groups is 7. The van der Waals surface area contributed by atoms with Crippen LogP contribution in [0.15, 0.2) is 24.3 Å². The Bertz CT molecular complexity index is 2070. The molecule has 16 atom stereocenters. The van der Waals surface area contributed by atoms with Gasteiger partial charge in [0.05, 0.1) is 30.5 Å². The van der Waals surface area contributed by atoms with Gasteiger partial charge in [0.15, 0.2) is 0 Å². The average Bonchev–Trinajstić information content (AvgIpc) is 3.99. The lowest BCUT2D eigenvalue weighted by Gasteiger charge is -2.35. The van der Waals surface area contributed by atoms with Gasteiger partial charge in [-0.1, -0.05) is 77.8 Å². The van der Waals surface area contributed by atoms with E-state index < -0.39 is 146 Å². The Morgan fingerprint density at radius 3 is 1.97 bits per heavy atom. The molecule has 3 aliphatic heterocycles. The summed E-state index contributed by atoms with van der Waals surface area (Å²) < 4.78 is 0. The van der Waals surface area contributed by atoms with E-state index in [0.717, 1.165) is 55.2 Å². The molecule has 3 saturated heterocycles. The van der Waals surface area contributed by atoms with Gasteiger partial charge in [0, 0.05) is 45.4 Å². The fourth-order valence-electron chi connectivity index (χ4n) is 10.2. The Labute approximate surface area is 450 Å². The molecule has 7 amide bonds. The lowest BCUT2D eigenvalue weighted by atomic mass is 9.91. The minimum atomic E-state index is -2.28. The van der Waals surface area contributed by atoms with Crippen LogP contribution in [0.1, 0.15) is 129 Å². The highest BCUT2D eigenvalue weighted by Gasteiger charge is 2.49. The Kier molecular flexibility index (Phi) is 26.4. The number of unbranched alkanes of at least 4 members (excludes halogenated alkanes) is 5. The molecule has 0 saturated carbocycles. The number of benzene rings is 1. The molecule has 25 heteroatoms. The molecule has 1 aromatic rings. The zero-order valence-corrected chi connectivity index (χ0v) is 45.0. The average molecular weight is 1090 g/mol. The molecule has 3 aliphatic rings. The van der Waals surface area contributed by atoms with Gasteiger partial charge in [-0.25, -0.2) is 0 Å². The number of aromatic hydroxyl groups is 1. The van der Waals surface area contributed by atoms with Crippen molar-refractivity contribution < 1.29 is 74.4 Å². The number of carbonyl (C=O) groups is 7. The monoisotopic (exact) mass is 1090 g/mol. The summed E-state index contributed by atoms with van der Waals surface area (Å²) in [5, 5.41) is 104. The van der Waals surface area contributed by atoms with E-state index in [4.69, 9.17) is 11.5 Å². The van der Waals surface area contributed by atoms with Crippen LogP contribution in [0.25, 0.3) is 0 Å². The molecule has 0 spiro atoms. The molecule has 3 fully saturated rings. The van der Waals surface area contributed by atoms with Gasteiger partial charge in [-0.15, -0.1) is 0 Å². The van der Waals surface area contributed by atoms with Gasteiger partial charge < -0.3 is 88.7 Å². The van der Waals surface area contributed by atoms with E-state index in [1.54, 1.807) is 0 Å². The molecule has 3 heterocycles. The van der Waals surface area contributed by atoms with E-state index in [9.17, 15) is 74.4 Å². The Morgan fingerprint density at radius 2 is 1.34 bits per heavy atom. The smallest absolute Gasteiger partial charge is 0.248 e. The first-order valence-electron chi connectivity index (χ1n) is 27.3. The lowest BCUT2D eigenvalue weighted by molar-refractivity contribution is -0.148. The zero-order valence-electron chi connectivity index (χ0n) is 45.0. The predicted octanol–water partition coefficient (Wildman–Crippen LogP) is -3.31. The quantitative estimate of drug-likeness (QED) is 0.0477. The number of carbonyl (C=O) groups excluding carboxylic acids is 7. The van der Waals surface area contributed by atoms with Crippen molar-refractivity contribution in [3.63, 3.8) is 0 Å². The van der Waals surface area contributed by atoms with Gasteiger partial charge in [0.1, 0.15) is 60.4 Å². The number of amides is 7. The molecular formula is C52H88N10O15. The molecule has 1 aromatic carbocycles. The van der Waals surface area contributed by atoms with Crippen molar-refractivity contribution >= 4 is 41.4 Å². The second kappa shape index (κ2) is 31.5. The number of hydrogen-bond donors (Lipinski definition) is 16. The van der Waals surface area contributed by atoms with Gasteiger partial charge in [-0.2, -0.15) is 0 Å². The summed E-state index contributed by atoms with van der Waals surface area (Å²) in [7, 11) is 0. The van der Waals surface area contributed by atoms with Crippen LogP contribution in [0.5, 0.6) is 5.75 Å². The largest absolute Gasteiger partial charge is 0.508 e. The van der Waals surface area contributed by atoms with Crippen LogP contribution < -0.4 is 43.4 Å². The third-order valence-corrected chi connectivity index (χ3v) is 14.9. The Balaban J connectivity index is 1.73. The topological polar surface area (TPSA) is 412 Å². The van der Waals surface area contributed by atoms with Gasteiger partial charge in [0.2, 0.25) is 41.4 Å². The van der Waals surface area contributed by atoms with Crippen molar-refractivity contribution in [3.8, 4) is 5.75 Å². The molecule has 0 aliphatic carbocycles. The number of aliphatic hydroxyl groups excluding tert-OH is 7. The van der Waals surface area contributed by atoms with Gasteiger partial charge in [-0.05, 0) is 68.7 Å². The van der Waals surface area contributed by atoms with E-state index in [0.29, 0.717) is 24.7 Å². The van der Waals surface area contributed by atoms with Crippen molar-refractivity contribution in [2.45, 2.75) is 203 Å². The van der Waals surface area contributed by atoms with Crippen molar-refractivity contribution in [2.24, 2.45) is 23.3 Å². The number of phenolic OH excluding ortho intramolecular Hbond substituents is 1. The van der Waals surface area contributed by atoms with Gasteiger partial charge >= 0.3 is 0 Å². The van der Waals surface area contributed by atoms with E-state index in [2.05, 4.69) is 52.7 Å². The fraction of sp³-hybridized carbons (Fsp3) is 0.750. The fourth-order valence-corrected chi connectivity index (χ4v) is 10.2. The third kappa shape index (κ3) is 18.8. The van der Waals surface area contributed by atoms with Crippen LogP contribution in [-0.4, -0.2) is 204 Å². The molecule has 4 unspecified atom stereocenters. The lowest BCUT2D eigenvalue weighted by Crippen LogP contribution is -2.65. The van der Waals surface area contributed by atoms with Crippen molar-refractivity contribution in [2.75, 3.05) is 32.7 Å². The number of hydrogen-bond acceptors (Lipinski definition) is 18. The molecule has 4 rings (SSSR count). The van der Waals surface area contributed by atoms with Crippen molar-refractivity contribution in [1.82, 2.24) is 41.7 Å². The first-order valence-corrected chi connectivity index (χ1v) is 27.3. The summed E-state index contributed by atoms with van der Waals surface area (Å²) in [5.74, 6) is -6.43. The highest BCUT2D eigenvalue weighted by Crippen LogP contribution is 2.27. The van der Waals surface area contributed by atoms with Crippen molar-refractivity contribution in [1.29, 1.82) is 0 Å². The SMILES string of the molecule is CCC(C)CC(C)CCCCCCCCC(=O)N[C@@H]1C[C@H](O)[C@@H](NCCN)NC(=O)[C@@H]2[C@@H](O)CCN2C(=O)[C@H]([C@H](O)CCN)NC(=O)C([C@H](O)[C@@H](O)c2ccc(O)cc2)NC(=O)[C@@H]2C[C@@H](O)CN2C(=O)C([C@@H](C)O)NC1=O. The van der Waals surface area contributed by atoms with Crippen molar-refractivity contribution in [3.05, 3.63) is 29.8 Å². The third-order valence-electron chi connectivity index (χ3n) is 14.9. The summed E-state index contributed by atoms with van der Waals surface area (Å²) in [6, 6.07) is -6.40. The standard InChI is InChI=1S/C52H88N10O15/c1-5-28(2)24-29(3)12-10-8-6-7-9-11-13-39(69)56-34-26-38(68)46(55-22-21-54)60-50(75)43-37(67)19-23-61(43)52(77)41(36(66)18-20-53)58-49(74)42(45(71)44(70)31-14-16-32(64)17-15-31)59-48(73)35-25-33(65)27-62(35)51(76)40(30(4)63)57-47(34)72/h14-17,28-30,33-38,40-46,55,63-68,70-71H,5-13,18-27,53-54H2,1-4H3,(H,56,69)(H,57,72)(H,58,74)(H,59,73)(H,60,75)/t28?,29?,30-,33-,34-,35+,36-,37+,38+,40?,41+,42?,43+,44+,45+,46+/m1/s1. The molecule has 0 aromatic heterocycles. The molecule has 436 valence electrons. The number of fused-ring (bicyclic) bond motifs is 2. The Morgan fingerprint density at radius 1 is 0.714 bits per heavy atom. The number of nitrogens with two attached hydrogens (primary N) is 2. The molecule has 77 heavy (non-hydrogen) atoms. The van der Waals surface area contributed by atoms with Crippen LogP contribution in [0, 0.1) is 11.8 Å². The van der Waals surface area contributed by atoms with E-state index in [1.165, 1.54) is 30.7 Å². The minimum absolute atomic E-state index is 0.0257. The maximum atomic E-state index is 14.6. The van der Waals surface area contributed by atoms with Crippen LogP contribution in [0.3, 0.4) is 0 Å². The number of rotatable bonds is 23. The first kappa shape index (κ1) is 64.4. The highest BCUT2D eigenvalue weighted by atomic mass is 16.3. The second-order valence-electron chi connectivity index (χ2n) is 21.3. The van der Waals surface area contributed by atoms with Crippen LogP contribution in [-0.2, 0) is 33.6 Å². The van der Waals surface area contributed by atoms with E-state index in [1.807, 2.05) is 0 Å². The second-order valence-corrected chi connectivity index (χ2v) is 21.3. The normalized spacial score (nSPS) is 28.6. The minimum Gasteiger partial charge on any atom is -0.508 e. The summed E-state index contributed by atoms with van der Waals surface area (Å²) in [6.45, 7) is 6.73. The predicted molar refractivity (Wildman–Crippen MR) is 280 cm³/mol. The van der Waals surface area contributed by atoms with Crippen LogP contribution in [0.2, 0.25) is 0 Å². The Hall–Kier alpha value is -5.09. The van der Waals surface area contributed by atoms with Crippen LogP contribution in [0.4, 0.5) is 0 Å². The molecule has 18 N–H and O–H groups in total. The molecular weight excluding hydrogens is 1000 g/mol. The summed E-state index contributed by atoms with van der Waals surface area (Å²) in [5.41, 5.74) is 11.5. The first-order chi connectivity index (χ1) is 36.5. The number of nitrogens with one attached hydrogen (secondary N) is 6. The molecule has 0 bridgehead atoms. The highest BCUT2D eigenvalue weighted by molar-refractivity contribution is 5.98.